The molecule has 116 valence electrons. The lowest BCUT2D eigenvalue weighted by molar-refractivity contribution is 0.0779. The van der Waals surface area contributed by atoms with E-state index in [2.05, 4.69) is 22.2 Å². The van der Waals surface area contributed by atoms with Crippen molar-refractivity contribution in [2.45, 2.75) is 26.3 Å². The predicted molar refractivity (Wildman–Crippen MR) is 87.7 cm³/mol. The number of carbonyl (C=O) groups excluding carboxylic acids is 1. The summed E-state index contributed by atoms with van der Waals surface area (Å²) in [7, 11) is 1.78. The second kappa shape index (κ2) is 8.12. The SMILES string of the molecule is CCCCNc1cc(C(=O)N(C)Cc2ccccc2)ncn1. The van der Waals surface area contributed by atoms with Crippen molar-refractivity contribution in [1.82, 2.24) is 14.9 Å². The Morgan fingerprint density at radius 3 is 2.73 bits per heavy atom. The first-order chi connectivity index (χ1) is 10.7. The smallest absolute Gasteiger partial charge is 0.272 e. The van der Waals surface area contributed by atoms with Crippen LogP contribution in [0, 0.1) is 0 Å². The van der Waals surface area contributed by atoms with Gasteiger partial charge in [-0.15, -0.1) is 0 Å². The Bertz CT molecular complexity index is 601. The van der Waals surface area contributed by atoms with Crippen LogP contribution in [-0.4, -0.2) is 34.4 Å². The summed E-state index contributed by atoms with van der Waals surface area (Å²) in [4.78, 5) is 22.3. The van der Waals surface area contributed by atoms with Crippen LogP contribution in [0.5, 0.6) is 0 Å². The minimum atomic E-state index is -0.107. The average Bonchev–Trinajstić information content (AvgIpc) is 2.55. The van der Waals surface area contributed by atoms with E-state index in [-0.39, 0.29) is 5.91 Å². The molecule has 1 amide bonds. The fraction of sp³-hybridized carbons (Fsp3) is 0.353. The van der Waals surface area contributed by atoms with Crippen molar-refractivity contribution in [1.29, 1.82) is 0 Å². The maximum absolute atomic E-state index is 12.4. The van der Waals surface area contributed by atoms with Gasteiger partial charge in [-0.2, -0.15) is 0 Å². The van der Waals surface area contributed by atoms with E-state index in [1.807, 2.05) is 30.3 Å². The number of rotatable bonds is 7. The van der Waals surface area contributed by atoms with Gasteiger partial charge in [-0.25, -0.2) is 9.97 Å². The standard InChI is InChI=1S/C17H22N4O/c1-3-4-10-18-16-11-15(19-13-20-16)17(22)21(2)12-14-8-6-5-7-9-14/h5-9,11,13H,3-4,10,12H2,1-2H3,(H,18,19,20). The van der Waals surface area contributed by atoms with Crippen LogP contribution in [0.2, 0.25) is 0 Å². The zero-order valence-electron chi connectivity index (χ0n) is 13.1. The van der Waals surface area contributed by atoms with E-state index in [0.29, 0.717) is 18.1 Å². The Morgan fingerprint density at radius 2 is 2.00 bits per heavy atom. The fourth-order valence-corrected chi connectivity index (χ4v) is 2.09. The Labute approximate surface area is 131 Å². The third kappa shape index (κ3) is 4.55. The highest BCUT2D eigenvalue weighted by Gasteiger charge is 2.14. The summed E-state index contributed by atoms with van der Waals surface area (Å²) in [5.41, 5.74) is 1.50. The maximum Gasteiger partial charge on any atom is 0.272 e. The number of carbonyl (C=O) groups is 1. The van der Waals surface area contributed by atoms with E-state index in [4.69, 9.17) is 0 Å². The molecule has 0 saturated carbocycles. The first kappa shape index (κ1) is 15.9. The van der Waals surface area contributed by atoms with Gasteiger partial charge in [0.2, 0.25) is 0 Å². The third-order valence-corrected chi connectivity index (χ3v) is 3.33. The molecule has 5 heteroatoms. The van der Waals surface area contributed by atoms with Crippen LogP contribution >= 0.6 is 0 Å². The number of benzene rings is 1. The second-order valence-electron chi connectivity index (χ2n) is 5.22. The van der Waals surface area contributed by atoms with Crippen LogP contribution in [0.3, 0.4) is 0 Å². The molecule has 5 nitrogen and oxygen atoms in total. The van der Waals surface area contributed by atoms with Crippen molar-refractivity contribution in [2.24, 2.45) is 0 Å². The van der Waals surface area contributed by atoms with Gasteiger partial charge in [0.1, 0.15) is 17.8 Å². The number of unbranched alkanes of at least 4 members (excludes halogenated alkanes) is 1. The number of anilines is 1. The molecule has 0 aliphatic rings. The van der Waals surface area contributed by atoms with Gasteiger partial charge in [-0.05, 0) is 12.0 Å². The van der Waals surface area contributed by atoms with Gasteiger partial charge < -0.3 is 10.2 Å². The summed E-state index contributed by atoms with van der Waals surface area (Å²) in [6.45, 7) is 3.54. The Balaban J connectivity index is 2.00. The van der Waals surface area contributed by atoms with E-state index in [1.165, 1.54) is 6.33 Å². The normalized spacial score (nSPS) is 10.3. The van der Waals surface area contributed by atoms with E-state index in [9.17, 15) is 4.79 Å². The summed E-state index contributed by atoms with van der Waals surface area (Å²) < 4.78 is 0. The topological polar surface area (TPSA) is 58.1 Å². The van der Waals surface area contributed by atoms with Crippen LogP contribution in [0.25, 0.3) is 0 Å². The molecule has 0 unspecified atom stereocenters. The molecule has 0 aliphatic carbocycles. The number of amides is 1. The molecule has 2 rings (SSSR count). The van der Waals surface area contributed by atoms with Crippen molar-refractivity contribution in [2.75, 3.05) is 18.9 Å². The van der Waals surface area contributed by atoms with Gasteiger partial charge in [0, 0.05) is 26.2 Å². The molecule has 0 radical (unpaired) electrons. The maximum atomic E-state index is 12.4. The molecule has 1 N–H and O–H groups in total. The molecule has 0 bridgehead atoms. The molecular formula is C17H22N4O. The Kier molecular flexibility index (Phi) is 5.89. The molecule has 0 atom stereocenters. The molecular weight excluding hydrogens is 276 g/mol. The Hall–Kier alpha value is -2.43. The quantitative estimate of drug-likeness (QED) is 0.798. The fourth-order valence-electron chi connectivity index (χ4n) is 2.09. The Morgan fingerprint density at radius 1 is 1.23 bits per heavy atom. The van der Waals surface area contributed by atoms with Crippen molar-refractivity contribution in [3.63, 3.8) is 0 Å². The molecule has 1 aromatic heterocycles. The first-order valence-electron chi connectivity index (χ1n) is 7.56. The van der Waals surface area contributed by atoms with Gasteiger partial charge >= 0.3 is 0 Å². The zero-order chi connectivity index (χ0) is 15.8. The van der Waals surface area contributed by atoms with Crippen LogP contribution in [0.4, 0.5) is 5.82 Å². The minimum Gasteiger partial charge on any atom is -0.370 e. The highest BCUT2D eigenvalue weighted by atomic mass is 16.2. The number of hydrogen-bond acceptors (Lipinski definition) is 4. The molecule has 2 aromatic rings. The summed E-state index contributed by atoms with van der Waals surface area (Å²) >= 11 is 0. The molecule has 0 spiro atoms. The zero-order valence-corrected chi connectivity index (χ0v) is 13.1. The lowest BCUT2D eigenvalue weighted by Gasteiger charge is -2.17. The summed E-state index contributed by atoms with van der Waals surface area (Å²) in [6, 6.07) is 11.6. The average molecular weight is 298 g/mol. The number of nitrogens with zero attached hydrogens (tertiary/aromatic N) is 3. The summed E-state index contributed by atoms with van der Waals surface area (Å²) in [5.74, 6) is 0.588. The first-order valence-corrected chi connectivity index (χ1v) is 7.56. The van der Waals surface area contributed by atoms with Crippen molar-refractivity contribution >= 4 is 11.7 Å². The van der Waals surface area contributed by atoms with Crippen LogP contribution < -0.4 is 5.32 Å². The number of aromatic nitrogens is 2. The molecule has 22 heavy (non-hydrogen) atoms. The molecule has 0 aliphatic heterocycles. The molecule has 1 heterocycles. The molecule has 1 aromatic carbocycles. The molecule has 0 fully saturated rings. The van der Waals surface area contributed by atoms with Crippen molar-refractivity contribution in [3.8, 4) is 0 Å². The predicted octanol–water partition coefficient (Wildman–Crippen LogP) is 2.96. The van der Waals surface area contributed by atoms with Crippen molar-refractivity contribution in [3.05, 3.63) is 54.0 Å². The summed E-state index contributed by atoms with van der Waals surface area (Å²) in [5, 5.41) is 3.21. The summed E-state index contributed by atoms with van der Waals surface area (Å²) in [6.07, 6.45) is 3.61. The number of nitrogens with one attached hydrogen (secondary N) is 1. The largest absolute Gasteiger partial charge is 0.370 e. The van der Waals surface area contributed by atoms with E-state index >= 15 is 0 Å². The highest BCUT2D eigenvalue weighted by Crippen LogP contribution is 2.09. The molecule has 0 saturated heterocycles. The minimum absolute atomic E-state index is 0.107. The van der Waals surface area contributed by atoms with Crippen LogP contribution in [-0.2, 0) is 6.54 Å². The van der Waals surface area contributed by atoms with Gasteiger partial charge in [-0.3, -0.25) is 4.79 Å². The van der Waals surface area contributed by atoms with Gasteiger partial charge in [0.15, 0.2) is 0 Å². The highest BCUT2D eigenvalue weighted by molar-refractivity contribution is 5.92. The van der Waals surface area contributed by atoms with E-state index in [0.717, 1.165) is 24.9 Å². The van der Waals surface area contributed by atoms with Crippen LogP contribution in [0.15, 0.2) is 42.7 Å². The van der Waals surface area contributed by atoms with Gasteiger partial charge in [0.05, 0.1) is 0 Å². The van der Waals surface area contributed by atoms with Crippen LogP contribution in [0.1, 0.15) is 35.8 Å². The van der Waals surface area contributed by atoms with E-state index in [1.54, 1.807) is 18.0 Å². The second-order valence-corrected chi connectivity index (χ2v) is 5.22. The van der Waals surface area contributed by atoms with Gasteiger partial charge in [0.25, 0.3) is 5.91 Å². The van der Waals surface area contributed by atoms with E-state index < -0.39 is 0 Å². The lowest BCUT2D eigenvalue weighted by Crippen LogP contribution is -2.27. The van der Waals surface area contributed by atoms with Crippen molar-refractivity contribution < 1.29 is 4.79 Å². The monoisotopic (exact) mass is 298 g/mol. The third-order valence-electron chi connectivity index (χ3n) is 3.33. The van der Waals surface area contributed by atoms with Gasteiger partial charge in [-0.1, -0.05) is 43.7 Å². The number of hydrogen-bond donors (Lipinski definition) is 1. The lowest BCUT2D eigenvalue weighted by atomic mass is 10.2.